The van der Waals surface area contributed by atoms with Crippen LogP contribution in [-0.4, -0.2) is 10.1 Å². The minimum atomic E-state index is -0.0621. The molecule has 1 heterocycles. The summed E-state index contributed by atoms with van der Waals surface area (Å²) in [4.78, 5) is 3.99. The fraction of sp³-hybridized carbons (Fsp3) is 0.154. The highest BCUT2D eigenvalue weighted by Crippen LogP contribution is 2.28. The van der Waals surface area contributed by atoms with Crippen molar-refractivity contribution >= 4 is 15.9 Å². The van der Waals surface area contributed by atoms with E-state index in [1.165, 1.54) is 0 Å². The van der Waals surface area contributed by atoms with Gasteiger partial charge in [0.1, 0.15) is 5.75 Å². The molecule has 2 aromatic rings. The maximum Gasteiger partial charge on any atom is 0.151 e. The lowest BCUT2D eigenvalue weighted by Crippen LogP contribution is -1.94. The summed E-state index contributed by atoms with van der Waals surface area (Å²) in [6.07, 6.45) is 3.24. The number of ether oxygens (including phenoxy) is 1. The fourth-order valence-electron chi connectivity index (χ4n) is 1.48. The lowest BCUT2D eigenvalue weighted by Gasteiger charge is -2.11. The molecule has 0 saturated carbocycles. The van der Waals surface area contributed by atoms with Crippen molar-refractivity contribution in [2.45, 2.75) is 13.5 Å². The smallest absolute Gasteiger partial charge is 0.151 e. The first kappa shape index (κ1) is 12.1. The number of nitrogens with zero attached hydrogens (tertiary/aromatic N) is 1. The number of pyridine rings is 1. The summed E-state index contributed by atoms with van der Waals surface area (Å²) in [6, 6.07) is 7.51. The zero-order valence-electron chi connectivity index (χ0n) is 9.35. The minimum absolute atomic E-state index is 0.0621. The summed E-state index contributed by atoms with van der Waals surface area (Å²) < 4.78 is 6.75. The molecule has 0 saturated heterocycles. The van der Waals surface area contributed by atoms with Gasteiger partial charge in [-0.15, -0.1) is 0 Å². The Balaban J connectivity index is 2.31. The molecule has 1 aromatic carbocycles. The Hall–Kier alpha value is -1.39. The summed E-state index contributed by atoms with van der Waals surface area (Å²) in [5.41, 5.74) is 1.74. The topological polar surface area (TPSA) is 42.4 Å². The molecule has 0 bridgehead atoms. The van der Waals surface area contributed by atoms with Crippen LogP contribution in [0.2, 0.25) is 0 Å². The lowest BCUT2D eigenvalue weighted by molar-refractivity contribution is 0.276. The van der Waals surface area contributed by atoms with E-state index in [9.17, 15) is 5.11 Å². The Morgan fingerprint density at radius 2 is 2.12 bits per heavy atom. The largest absolute Gasteiger partial charge is 0.455 e. The van der Waals surface area contributed by atoms with E-state index in [4.69, 9.17) is 4.74 Å². The molecule has 3 nitrogen and oxygen atoms in total. The van der Waals surface area contributed by atoms with Crippen LogP contribution in [-0.2, 0) is 6.61 Å². The van der Waals surface area contributed by atoms with Crippen molar-refractivity contribution in [2.75, 3.05) is 0 Å². The van der Waals surface area contributed by atoms with Gasteiger partial charge < -0.3 is 9.84 Å². The second kappa shape index (κ2) is 5.29. The van der Waals surface area contributed by atoms with Gasteiger partial charge in [0, 0.05) is 16.2 Å². The average Bonchev–Trinajstić information content (AvgIpc) is 2.33. The molecule has 4 heteroatoms. The predicted octanol–water partition coefficient (Wildman–Crippen LogP) is 3.44. The van der Waals surface area contributed by atoms with Gasteiger partial charge in [0.25, 0.3) is 0 Å². The van der Waals surface area contributed by atoms with Crippen LogP contribution in [0.3, 0.4) is 0 Å². The van der Waals surface area contributed by atoms with Gasteiger partial charge in [0.15, 0.2) is 5.75 Å². The molecule has 0 aliphatic heterocycles. The number of aromatic nitrogens is 1. The molecule has 2 rings (SSSR count). The van der Waals surface area contributed by atoms with Crippen LogP contribution >= 0.6 is 15.9 Å². The maximum absolute atomic E-state index is 9.19. The first-order valence-electron chi connectivity index (χ1n) is 5.18. The molecule has 88 valence electrons. The zero-order valence-corrected chi connectivity index (χ0v) is 10.9. The van der Waals surface area contributed by atoms with Crippen molar-refractivity contribution in [3.63, 3.8) is 0 Å². The van der Waals surface area contributed by atoms with Crippen LogP contribution in [0.25, 0.3) is 0 Å². The monoisotopic (exact) mass is 293 g/mol. The molecule has 0 radical (unpaired) electrons. The third-order valence-electron chi connectivity index (χ3n) is 2.40. The number of halogens is 1. The Morgan fingerprint density at radius 1 is 1.29 bits per heavy atom. The standard InChI is InChI=1S/C13H12BrNO2/c1-9-6-11(14)2-3-12(9)17-13-7-15-5-4-10(13)8-16/h2-7,16H,8H2,1H3. The fourth-order valence-corrected chi connectivity index (χ4v) is 1.95. The summed E-state index contributed by atoms with van der Waals surface area (Å²) in [7, 11) is 0. The number of rotatable bonds is 3. The lowest BCUT2D eigenvalue weighted by atomic mass is 10.2. The maximum atomic E-state index is 9.19. The van der Waals surface area contributed by atoms with Gasteiger partial charge in [-0.25, -0.2) is 0 Å². The van der Waals surface area contributed by atoms with E-state index in [0.29, 0.717) is 5.75 Å². The molecule has 0 atom stereocenters. The number of aliphatic hydroxyl groups excluding tert-OH is 1. The third kappa shape index (κ3) is 2.84. The van der Waals surface area contributed by atoms with E-state index in [1.807, 2.05) is 25.1 Å². The van der Waals surface area contributed by atoms with E-state index in [2.05, 4.69) is 20.9 Å². The van der Waals surface area contributed by atoms with Crippen molar-refractivity contribution in [2.24, 2.45) is 0 Å². The highest BCUT2D eigenvalue weighted by molar-refractivity contribution is 9.10. The van der Waals surface area contributed by atoms with Crippen molar-refractivity contribution in [1.82, 2.24) is 4.98 Å². The molecular formula is C13H12BrNO2. The molecule has 0 spiro atoms. The number of benzene rings is 1. The Labute approximate surface area is 108 Å². The van der Waals surface area contributed by atoms with Crippen LogP contribution in [0.5, 0.6) is 11.5 Å². The van der Waals surface area contributed by atoms with Crippen LogP contribution in [0, 0.1) is 6.92 Å². The minimum Gasteiger partial charge on any atom is -0.455 e. The van der Waals surface area contributed by atoms with Crippen molar-refractivity contribution in [3.8, 4) is 11.5 Å². The van der Waals surface area contributed by atoms with E-state index < -0.39 is 0 Å². The van der Waals surface area contributed by atoms with Crippen molar-refractivity contribution < 1.29 is 9.84 Å². The summed E-state index contributed by atoms with van der Waals surface area (Å²) >= 11 is 3.40. The normalized spacial score (nSPS) is 10.3. The molecule has 17 heavy (non-hydrogen) atoms. The second-order valence-electron chi connectivity index (χ2n) is 3.65. The van der Waals surface area contributed by atoms with Crippen molar-refractivity contribution in [3.05, 3.63) is 52.3 Å². The number of aliphatic hydroxyl groups is 1. The molecule has 0 amide bonds. The first-order valence-corrected chi connectivity index (χ1v) is 5.98. The van der Waals surface area contributed by atoms with Gasteiger partial charge in [-0.1, -0.05) is 15.9 Å². The Kier molecular flexibility index (Phi) is 3.76. The van der Waals surface area contributed by atoms with E-state index in [0.717, 1.165) is 21.3 Å². The van der Waals surface area contributed by atoms with Crippen LogP contribution in [0.1, 0.15) is 11.1 Å². The van der Waals surface area contributed by atoms with Crippen LogP contribution in [0.15, 0.2) is 41.1 Å². The molecular weight excluding hydrogens is 282 g/mol. The second-order valence-corrected chi connectivity index (χ2v) is 4.57. The molecule has 0 unspecified atom stereocenters. The number of hydrogen-bond acceptors (Lipinski definition) is 3. The molecule has 0 fully saturated rings. The zero-order chi connectivity index (χ0) is 12.3. The van der Waals surface area contributed by atoms with Crippen molar-refractivity contribution in [1.29, 1.82) is 0 Å². The van der Waals surface area contributed by atoms with Gasteiger partial charge in [-0.2, -0.15) is 0 Å². The summed E-state index contributed by atoms with van der Waals surface area (Å²) in [6.45, 7) is 1.91. The average molecular weight is 294 g/mol. The molecule has 0 aliphatic rings. The number of hydrogen-bond donors (Lipinski definition) is 1. The summed E-state index contributed by atoms with van der Waals surface area (Å²) in [5.74, 6) is 1.34. The van der Waals surface area contributed by atoms with Gasteiger partial charge in [0.05, 0.1) is 12.8 Å². The number of aryl methyl sites for hydroxylation is 1. The molecule has 0 aliphatic carbocycles. The van der Waals surface area contributed by atoms with E-state index in [-0.39, 0.29) is 6.61 Å². The van der Waals surface area contributed by atoms with Gasteiger partial charge in [-0.3, -0.25) is 4.98 Å². The molecule has 1 N–H and O–H groups in total. The molecule has 1 aromatic heterocycles. The highest BCUT2D eigenvalue weighted by atomic mass is 79.9. The Bertz CT molecular complexity index is 529. The third-order valence-corrected chi connectivity index (χ3v) is 2.89. The van der Waals surface area contributed by atoms with Gasteiger partial charge >= 0.3 is 0 Å². The van der Waals surface area contributed by atoms with E-state index in [1.54, 1.807) is 18.5 Å². The predicted molar refractivity (Wildman–Crippen MR) is 69.1 cm³/mol. The summed E-state index contributed by atoms with van der Waals surface area (Å²) in [5, 5.41) is 9.19. The van der Waals surface area contributed by atoms with Crippen LogP contribution in [0.4, 0.5) is 0 Å². The van der Waals surface area contributed by atoms with Crippen LogP contribution < -0.4 is 4.74 Å². The van der Waals surface area contributed by atoms with E-state index >= 15 is 0 Å². The highest BCUT2D eigenvalue weighted by Gasteiger charge is 2.06. The van der Waals surface area contributed by atoms with Gasteiger partial charge in [0.2, 0.25) is 0 Å². The Morgan fingerprint density at radius 3 is 2.82 bits per heavy atom. The SMILES string of the molecule is Cc1cc(Br)ccc1Oc1cnccc1CO. The first-order chi connectivity index (χ1) is 8.20. The van der Waals surface area contributed by atoms with Gasteiger partial charge in [-0.05, 0) is 36.8 Å². The quantitative estimate of drug-likeness (QED) is 0.943.